The zero-order valence-corrected chi connectivity index (χ0v) is 10.6. The van der Waals surface area contributed by atoms with Gasteiger partial charge in [0.2, 0.25) is 5.91 Å². The maximum atomic E-state index is 12.0. The van der Waals surface area contributed by atoms with E-state index < -0.39 is 0 Å². The molecule has 98 valence electrons. The van der Waals surface area contributed by atoms with Crippen LogP contribution in [0.4, 0.5) is 5.69 Å². The van der Waals surface area contributed by atoms with Crippen molar-refractivity contribution in [2.45, 2.75) is 18.9 Å². The Kier molecular flexibility index (Phi) is 3.23. The van der Waals surface area contributed by atoms with E-state index in [4.69, 9.17) is 4.42 Å². The number of carbonyl (C=O) groups excluding carboxylic acids is 1. The molecule has 0 fully saturated rings. The largest absolute Gasteiger partial charge is 0.469 e. The highest BCUT2D eigenvalue weighted by molar-refractivity contribution is 5.87. The van der Waals surface area contributed by atoms with Crippen molar-refractivity contribution < 1.29 is 9.21 Å². The van der Waals surface area contributed by atoms with Crippen LogP contribution in [0.2, 0.25) is 0 Å². The highest BCUT2D eigenvalue weighted by Crippen LogP contribution is 2.24. The molecule has 3 rings (SSSR count). The summed E-state index contributed by atoms with van der Waals surface area (Å²) in [5.41, 5.74) is 2.27. The van der Waals surface area contributed by atoms with Gasteiger partial charge in [-0.25, -0.2) is 0 Å². The molecule has 1 atom stereocenters. The van der Waals surface area contributed by atoms with Crippen molar-refractivity contribution in [1.82, 2.24) is 5.32 Å². The van der Waals surface area contributed by atoms with Gasteiger partial charge in [0.05, 0.1) is 6.26 Å². The third kappa shape index (κ3) is 2.62. The van der Waals surface area contributed by atoms with Crippen molar-refractivity contribution in [3.63, 3.8) is 0 Å². The molecule has 0 saturated carbocycles. The lowest BCUT2D eigenvalue weighted by Crippen LogP contribution is -2.39. The molecule has 2 N–H and O–H groups in total. The Hall–Kier alpha value is -2.23. The molecular weight excluding hydrogens is 240 g/mol. The fraction of sp³-hybridized carbons (Fsp3) is 0.267. The molecule has 0 radical (unpaired) electrons. The summed E-state index contributed by atoms with van der Waals surface area (Å²) in [7, 11) is 0. The van der Waals surface area contributed by atoms with Gasteiger partial charge in [0.1, 0.15) is 11.8 Å². The standard InChI is InChI=1S/C15H16N2O2/c18-15(16-8-7-12-5-3-9-19-12)14-10-11-4-1-2-6-13(11)17-14/h1-6,9,14,17H,7-8,10H2,(H,16,18)/t14-/m0/s1. The second-order valence-corrected chi connectivity index (χ2v) is 4.68. The van der Waals surface area contributed by atoms with Crippen LogP contribution in [0.1, 0.15) is 11.3 Å². The second-order valence-electron chi connectivity index (χ2n) is 4.68. The maximum Gasteiger partial charge on any atom is 0.242 e. The number of furan rings is 1. The lowest BCUT2D eigenvalue weighted by molar-refractivity contribution is -0.121. The van der Waals surface area contributed by atoms with E-state index in [9.17, 15) is 4.79 Å². The first kappa shape index (κ1) is 11.8. The number of hydrogen-bond donors (Lipinski definition) is 2. The normalized spacial score (nSPS) is 16.7. The quantitative estimate of drug-likeness (QED) is 0.879. The van der Waals surface area contributed by atoms with Crippen molar-refractivity contribution in [1.29, 1.82) is 0 Å². The Bertz CT molecular complexity index is 538. The van der Waals surface area contributed by atoms with Crippen LogP contribution in [-0.4, -0.2) is 18.5 Å². The van der Waals surface area contributed by atoms with Crippen molar-refractivity contribution >= 4 is 11.6 Å². The predicted octanol–water partition coefficient (Wildman–Crippen LogP) is 1.98. The molecule has 2 heterocycles. The molecule has 1 aliphatic heterocycles. The predicted molar refractivity (Wildman–Crippen MR) is 73.0 cm³/mol. The van der Waals surface area contributed by atoms with E-state index in [2.05, 4.69) is 16.7 Å². The zero-order chi connectivity index (χ0) is 13.1. The lowest BCUT2D eigenvalue weighted by Gasteiger charge is -2.11. The summed E-state index contributed by atoms with van der Waals surface area (Å²) in [6.07, 6.45) is 3.12. The number of anilines is 1. The van der Waals surface area contributed by atoms with E-state index in [1.807, 2.05) is 30.3 Å². The van der Waals surface area contributed by atoms with E-state index in [-0.39, 0.29) is 11.9 Å². The van der Waals surface area contributed by atoms with Gasteiger partial charge in [0, 0.05) is 25.1 Å². The molecule has 0 saturated heterocycles. The summed E-state index contributed by atoms with van der Waals surface area (Å²) >= 11 is 0. The van der Waals surface area contributed by atoms with Crippen LogP contribution in [-0.2, 0) is 17.6 Å². The molecule has 4 nitrogen and oxygen atoms in total. The average Bonchev–Trinajstić information content (AvgIpc) is 3.07. The third-order valence-electron chi connectivity index (χ3n) is 3.34. The Balaban J connectivity index is 1.50. The van der Waals surface area contributed by atoms with Crippen LogP contribution in [0.25, 0.3) is 0 Å². The molecule has 0 spiro atoms. The fourth-order valence-corrected chi connectivity index (χ4v) is 2.34. The molecule has 1 aromatic heterocycles. The molecule has 1 aromatic carbocycles. The molecule has 4 heteroatoms. The lowest BCUT2D eigenvalue weighted by atomic mass is 10.1. The molecule has 0 unspecified atom stereocenters. The Morgan fingerprint density at radius 1 is 1.32 bits per heavy atom. The van der Waals surface area contributed by atoms with Crippen LogP contribution in [0.3, 0.4) is 0 Å². The summed E-state index contributed by atoms with van der Waals surface area (Å²) in [6.45, 7) is 0.598. The number of hydrogen-bond acceptors (Lipinski definition) is 3. The van der Waals surface area contributed by atoms with Crippen LogP contribution in [0.5, 0.6) is 0 Å². The van der Waals surface area contributed by atoms with Crippen LogP contribution in [0, 0.1) is 0 Å². The summed E-state index contributed by atoms with van der Waals surface area (Å²) < 4.78 is 5.22. The smallest absolute Gasteiger partial charge is 0.242 e. The van der Waals surface area contributed by atoms with Crippen LogP contribution < -0.4 is 10.6 Å². The number of rotatable bonds is 4. The van der Waals surface area contributed by atoms with Crippen molar-refractivity contribution in [3.8, 4) is 0 Å². The van der Waals surface area contributed by atoms with Crippen LogP contribution >= 0.6 is 0 Å². The van der Waals surface area contributed by atoms with Gasteiger partial charge in [-0.05, 0) is 23.8 Å². The fourth-order valence-electron chi connectivity index (χ4n) is 2.34. The summed E-state index contributed by atoms with van der Waals surface area (Å²) in [4.78, 5) is 12.0. The van der Waals surface area contributed by atoms with Crippen LogP contribution in [0.15, 0.2) is 47.1 Å². The molecule has 0 aliphatic carbocycles. The van der Waals surface area contributed by atoms with Gasteiger partial charge in [-0.15, -0.1) is 0 Å². The Labute approximate surface area is 111 Å². The number of fused-ring (bicyclic) bond motifs is 1. The minimum atomic E-state index is -0.158. The molecular formula is C15H16N2O2. The van der Waals surface area contributed by atoms with E-state index >= 15 is 0 Å². The first-order chi connectivity index (χ1) is 9.33. The topological polar surface area (TPSA) is 54.3 Å². The van der Waals surface area contributed by atoms with Gasteiger partial charge >= 0.3 is 0 Å². The highest BCUT2D eigenvalue weighted by atomic mass is 16.3. The molecule has 19 heavy (non-hydrogen) atoms. The molecule has 1 amide bonds. The van der Waals surface area contributed by atoms with Gasteiger partial charge in [-0.3, -0.25) is 4.79 Å². The summed E-state index contributed by atoms with van der Waals surface area (Å²) in [6, 6.07) is 11.6. The van der Waals surface area contributed by atoms with E-state index in [1.54, 1.807) is 6.26 Å². The van der Waals surface area contributed by atoms with Gasteiger partial charge < -0.3 is 15.1 Å². The minimum absolute atomic E-state index is 0.0442. The molecule has 0 bridgehead atoms. The first-order valence-corrected chi connectivity index (χ1v) is 6.47. The third-order valence-corrected chi connectivity index (χ3v) is 3.34. The Morgan fingerprint density at radius 3 is 3.00 bits per heavy atom. The van der Waals surface area contributed by atoms with E-state index in [1.165, 1.54) is 5.56 Å². The SMILES string of the molecule is O=C(NCCc1ccco1)[C@@H]1Cc2ccccc2N1. The first-order valence-electron chi connectivity index (χ1n) is 6.47. The van der Waals surface area contributed by atoms with E-state index in [0.29, 0.717) is 6.54 Å². The zero-order valence-electron chi connectivity index (χ0n) is 10.6. The average molecular weight is 256 g/mol. The van der Waals surface area contributed by atoms with Crippen molar-refractivity contribution in [3.05, 3.63) is 54.0 Å². The van der Waals surface area contributed by atoms with Gasteiger partial charge in [-0.1, -0.05) is 18.2 Å². The van der Waals surface area contributed by atoms with Gasteiger partial charge in [0.25, 0.3) is 0 Å². The second kappa shape index (κ2) is 5.18. The summed E-state index contributed by atoms with van der Waals surface area (Å²) in [5.74, 6) is 0.936. The summed E-state index contributed by atoms with van der Waals surface area (Å²) in [5, 5.41) is 6.18. The van der Waals surface area contributed by atoms with Crippen molar-refractivity contribution in [2.75, 3.05) is 11.9 Å². The molecule has 2 aromatic rings. The van der Waals surface area contributed by atoms with Crippen molar-refractivity contribution in [2.24, 2.45) is 0 Å². The van der Waals surface area contributed by atoms with Gasteiger partial charge in [-0.2, -0.15) is 0 Å². The number of carbonyl (C=O) groups is 1. The number of nitrogens with one attached hydrogen (secondary N) is 2. The number of para-hydroxylation sites is 1. The highest BCUT2D eigenvalue weighted by Gasteiger charge is 2.25. The number of benzene rings is 1. The monoisotopic (exact) mass is 256 g/mol. The number of amides is 1. The molecule has 1 aliphatic rings. The Morgan fingerprint density at radius 2 is 2.21 bits per heavy atom. The maximum absolute atomic E-state index is 12.0. The van der Waals surface area contributed by atoms with Gasteiger partial charge in [0.15, 0.2) is 0 Å². The minimum Gasteiger partial charge on any atom is -0.469 e. The van der Waals surface area contributed by atoms with E-state index in [0.717, 1.165) is 24.3 Å².